The lowest BCUT2D eigenvalue weighted by Crippen LogP contribution is -2.45. The Balaban J connectivity index is 1.67. The summed E-state index contributed by atoms with van der Waals surface area (Å²) in [5, 5.41) is 14.3. The molecule has 2 fully saturated rings. The second kappa shape index (κ2) is 6.11. The zero-order chi connectivity index (χ0) is 14.8. The van der Waals surface area contributed by atoms with E-state index in [-0.39, 0.29) is 10.9 Å². The number of nitro groups is 1. The molecule has 1 aromatic heterocycles. The van der Waals surface area contributed by atoms with Gasteiger partial charge >= 0.3 is 5.00 Å². The van der Waals surface area contributed by atoms with Crippen LogP contribution < -0.4 is 5.32 Å². The van der Waals surface area contributed by atoms with Crippen molar-refractivity contribution in [1.82, 2.24) is 10.2 Å². The van der Waals surface area contributed by atoms with E-state index in [2.05, 4.69) is 5.32 Å². The van der Waals surface area contributed by atoms with Crippen molar-refractivity contribution in [3.63, 3.8) is 0 Å². The summed E-state index contributed by atoms with van der Waals surface area (Å²) < 4.78 is 0. The summed E-state index contributed by atoms with van der Waals surface area (Å²) in [7, 11) is 0. The lowest BCUT2D eigenvalue weighted by Gasteiger charge is -2.35. The maximum atomic E-state index is 12.5. The lowest BCUT2D eigenvalue weighted by molar-refractivity contribution is -0.380. The van der Waals surface area contributed by atoms with Gasteiger partial charge in [-0.25, -0.2) is 0 Å². The van der Waals surface area contributed by atoms with Gasteiger partial charge in [-0.3, -0.25) is 14.9 Å². The van der Waals surface area contributed by atoms with E-state index < -0.39 is 4.92 Å². The molecule has 21 heavy (non-hydrogen) atoms. The highest BCUT2D eigenvalue weighted by Crippen LogP contribution is 2.29. The van der Waals surface area contributed by atoms with E-state index in [1.54, 1.807) is 6.07 Å². The lowest BCUT2D eigenvalue weighted by atomic mass is 9.89. The molecule has 1 amide bonds. The number of carbonyl (C=O) groups excluding carboxylic acids is 1. The van der Waals surface area contributed by atoms with Gasteiger partial charge in [-0.05, 0) is 44.2 Å². The Kier molecular flexibility index (Phi) is 4.21. The largest absolute Gasteiger partial charge is 0.338 e. The molecular formula is C14H19N3O3S. The number of thiophene rings is 1. The van der Waals surface area contributed by atoms with Crippen molar-refractivity contribution in [2.24, 2.45) is 5.92 Å². The third-order valence-corrected chi connectivity index (χ3v) is 5.42. The summed E-state index contributed by atoms with van der Waals surface area (Å²) in [6, 6.07) is 3.51. The predicted molar refractivity (Wildman–Crippen MR) is 80.6 cm³/mol. The predicted octanol–water partition coefficient (Wildman–Crippen LogP) is 2.26. The second-order valence-electron chi connectivity index (χ2n) is 5.75. The van der Waals surface area contributed by atoms with Crippen LogP contribution in [0.5, 0.6) is 0 Å². The molecule has 0 spiro atoms. The highest BCUT2D eigenvalue weighted by Gasteiger charge is 2.31. The van der Waals surface area contributed by atoms with Crippen LogP contribution in [0.4, 0.5) is 5.00 Å². The summed E-state index contributed by atoms with van der Waals surface area (Å²) in [6.07, 6.45) is 4.58. The quantitative estimate of drug-likeness (QED) is 0.686. The van der Waals surface area contributed by atoms with Crippen LogP contribution in [-0.2, 0) is 0 Å². The van der Waals surface area contributed by atoms with E-state index in [1.165, 1.54) is 18.9 Å². The standard InChI is InChI=1S/C14H19N3O3S/c18-14(12-5-6-13(21-12)17(19)20)16-8-2-3-10(9-16)11-4-1-7-15-11/h5-6,10-11,15H,1-4,7-9H2. The zero-order valence-electron chi connectivity index (χ0n) is 11.8. The monoisotopic (exact) mass is 309 g/mol. The first-order valence-electron chi connectivity index (χ1n) is 7.42. The van der Waals surface area contributed by atoms with Gasteiger partial charge in [0.1, 0.15) is 0 Å². The van der Waals surface area contributed by atoms with Gasteiger partial charge in [0, 0.05) is 25.2 Å². The minimum Gasteiger partial charge on any atom is -0.338 e. The molecule has 114 valence electrons. The van der Waals surface area contributed by atoms with E-state index in [1.807, 2.05) is 4.90 Å². The molecule has 6 nitrogen and oxygen atoms in total. The van der Waals surface area contributed by atoms with E-state index in [0.29, 0.717) is 16.8 Å². The van der Waals surface area contributed by atoms with Gasteiger partial charge in [-0.2, -0.15) is 0 Å². The molecule has 1 aromatic rings. The summed E-state index contributed by atoms with van der Waals surface area (Å²) in [5.41, 5.74) is 0. The molecule has 0 saturated carbocycles. The molecule has 2 saturated heterocycles. The number of carbonyl (C=O) groups is 1. The van der Waals surface area contributed by atoms with E-state index >= 15 is 0 Å². The molecule has 2 unspecified atom stereocenters. The van der Waals surface area contributed by atoms with Gasteiger partial charge in [-0.15, -0.1) is 0 Å². The SMILES string of the molecule is O=C(c1ccc([N+](=O)[O-])s1)N1CCCC(C2CCCN2)C1. The van der Waals surface area contributed by atoms with Crippen molar-refractivity contribution in [3.8, 4) is 0 Å². The fraction of sp³-hybridized carbons (Fsp3) is 0.643. The Morgan fingerprint density at radius 2 is 2.24 bits per heavy atom. The number of amides is 1. The number of likely N-dealkylation sites (tertiary alicyclic amines) is 1. The topological polar surface area (TPSA) is 75.5 Å². The third-order valence-electron chi connectivity index (χ3n) is 4.40. The number of piperidine rings is 1. The molecule has 0 aliphatic carbocycles. The Morgan fingerprint density at radius 1 is 1.38 bits per heavy atom. The Bertz CT molecular complexity index is 539. The number of nitrogens with one attached hydrogen (secondary N) is 1. The molecular weight excluding hydrogens is 290 g/mol. The number of rotatable bonds is 3. The van der Waals surface area contributed by atoms with Crippen LogP contribution in [0.15, 0.2) is 12.1 Å². The van der Waals surface area contributed by atoms with Crippen LogP contribution in [0.25, 0.3) is 0 Å². The molecule has 2 aliphatic rings. The second-order valence-corrected chi connectivity index (χ2v) is 6.81. The average Bonchev–Trinajstić information content (AvgIpc) is 3.18. The van der Waals surface area contributed by atoms with Gasteiger partial charge in [0.25, 0.3) is 5.91 Å². The maximum Gasteiger partial charge on any atom is 0.324 e. The molecule has 7 heteroatoms. The fourth-order valence-electron chi connectivity index (χ4n) is 3.33. The highest BCUT2D eigenvalue weighted by atomic mass is 32.1. The van der Waals surface area contributed by atoms with Gasteiger partial charge in [0.2, 0.25) is 0 Å². The van der Waals surface area contributed by atoms with Gasteiger partial charge in [0.05, 0.1) is 9.80 Å². The van der Waals surface area contributed by atoms with Crippen molar-refractivity contribution in [3.05, 3.63) is 27.1 Å². The van der Waals surface area contributed by atoms with Crippen LogP contribution in [0.1, 0.15) is 35.4 Å². The molecule has 2 aliphatic heterocycles. The van der Waals surface area contributed by atoms with Crippen LogP contribution >= 0.6 is 11.3 Å². The summed E-state index contributed by atoms with van der Waals surface area (Å²) in [5.74, 6) is 0.455. The van der Waals surface area contributed by atoms with Crippen molar-refractivity contribution < 1.29 is 9.72 Å². The maximum absolute atomic E-state index is 12.5. The minimum absolute atomic E-state index is 0.0318. The molecule has 0 aromatic carbocycles. The summed E-state index contributed by atoms with van der Waals surface area (Å²) in [4.78, 5) is 25.1. The molecule has 1 N–H and O–H groups in total. The first-order chi connectivity index (χ1) is 10.1. The van der Waals surface area contributed by atoms with Crippen LogP contribution in [0, 0.1) is 16.0 Å². The van der Waals surface area contributed by atoms with Crippen LogP contribution in [0.2, 0.25) is 0 Å². The summed E-state index contributed by atoms with van der Waals surface area (Å²) in [6.45, 7) is 2.60. The van der Waals surface area contributed by atoms with Crippen molar-refractivity contribution in [2.75, 3.05) is 19.6 Å². The van der Waals surface area contributed by atoms with Gasteiger partial charge in [-0.1, -0.05) is 11.3 Å². The first-order valence-corrected chi connectivity index (χ1v) is 8.23. The van der Waals surface area contributed by atoms with E-state index in [4.69, 9.17) is 0 Å². The Morgan fingerprint density at radius 3 is 2.90 bits per heavy atom. The molecule has 3 rings (SSSR count). The Labute approximate surface area is 127 Å². The number of hydrogen-bond donors (Lipinski definition) is 1. The Hall–Kier alpha value is -1.47. The normalized spacial score (nSPS) is 26.0. The van der Waals surface area contributed by atoms with Crippen molar-refractivity contribution in [2.45, 2.75) is 31.7 Å². The van der Waals surface area contributed by atoms with Crippen molar-refractivity contribution in [1.29, 1.82) is 0 Å². The molecule has 2 atom stereocenters. The third kappa shape index (κ3) is 3.08. The van der Waals surface area contributed by atoms with Crippen LogP contribution in [-0.4, -0.2) is 41.4 Å². The number of nitrogens with zero attached hydrogens (tertiary/aromatic N) is 2. The molecule has 0 bridgehead atoms. The van der Waals surface area contributed by atoms with Gasteiger partial charge in [0.15, 0.2) is 0 Å². The van der Waals surface area contributed by atoms with Crippen LogP contribution in [0.3, 0.4) is 0 Å². The molecule has 0 radical (unpaired) electrons. The first kappa shape index (κ1) is 14.5. The van der Waals surface area contributed by atoms with Gasteiger partial charge < -0.3 is 10.2 Å². The minimum atomic E-state index is -0.442. The molecule has 3 heterocycles. The van der Waals surface area contributed by atoms with E-state index in [0.717, 1.165) is 43.8 Å². The number of hydrogen-bond acceptors (Lipinski definition) is 5. The average molecular weight is 309 g/mol. The fourth-order valence-corrected chi connectivity index (χ4v) is 4.12. The summed E-state index contributed by atoms with van der Waals surface area (Å²) >= 11 is 0.970. The highest BCUT2D eigenvalue weighted by molar-refractivity contribution is 7.17. The van der Waals surface area contributed by atoms with E-state index in [9.17, 15) is 14.9 Å². The zero-order valence-corrected chi connectivity index (χ0v) is 12.6. The smallest absolute Gasteiger partial charge is 0.324 e. The van der Waals surface area contributed by atoms with Crippen molar-refractivity contribution >= 4 is 22.2 Å².